The Labute approximate surface area is 163 Å². The quantitative estimate of drug-likeness (QED) is 0.518. The molecule has 0 radical (unpaired) electrons. The molecule has 1 aliphatic heterocycles. The van der Waals surface area contributed by atoms with Gasteiger partial charge in [0.1, 0.15) is 0 Å². The summed E-state index contributed by atoms with van der Waals surface area (Å²) in [6, 6.07) is 11.6. The molecule has 1 N–H and O–H groups in total. The van der Waals surface area contributed by atoms with Crippen LogP contribution in [0.2, 0.25) is 10.0 Å². The zero-order valence-corrected chi connectivity index (χ0v) is 15.8. The van der Waals surface area contributed by atoms with Crippen LogP contribution < -0.4 is 5.32 Å². The molecule has 0 fully saturated rings. The summed E-state index contributed by atoms with van der Waals surface area (Å²) in [5.41, 5.74) is 3.65. The normalized spacial score (nSPS) is 23.1. The average Bonchev–Trinajstić information content (AvgIpc) is 3.13. The molecule has 0 unspecified atom stereocenters. The number of halogens is 2. The van der Waals surface area contributed by atoms with Gasteiger partial charge in [-0.1, -0.05) is 53.6 Å². The third-order valence-electron chi connectivity index (χ3n) is 5.19. The average molecular weight is 388 g/mol. The van der Waals surface area contributed by atoms with Crippen LogP contribution in [0.4, 0.5) is 5.69 Å². The molecule has 26 heavy (non-hydrogen) atoms. The maximum Gasteiger partial charge on any atom is 0.340 e. The molecule has 2 aromatic carbocycles. The van der Waals surface area contributed by atoms with E-state index in [1.54, 1.807) is 0 Å². The first-order chi connectivity index (χ1) is 12.6. The van der Waals surface area contributed by atoms with Gasteiger partial charge >= 0.3 is 5.97 Å². The van der Waals surface area contributed by atoms with Gasteiger partial charge < -0.3 is 10.1 Å². The number of benzene rings is 2. The highest BCUT2D eigenvalue weighted by Gasteiger charge is 2.39. The van der Waals surface area contributed by atoms with Crippen LogP contribution in [0.25, 0.3) is 0 Å². The number of rotatable bonds is 3. The Balaban J connectivity index is 1.80. The minimum atomic E-state index is -0.301. The van der Waals surface area contributed by atoms with Crippen LogP contribution in [-0.4, -0.2) is 12.6 Å². The Kier molecular flexibility index (Phi) is 4.68. The number of esters is 1. The summed E-state index contributed by atoms with van der Waals surface area (Å²) in [5.74, 6) is 0.336. The predicted octanol–water partition coefficient (Wildman–Crippen LogP) is 6.00. The van der Waals surface area contributed by atoms with E-state index in [2.05, 4.69) is 23.5 Å². The lowest BCUT2D eigenvalue weighted by atomic mass is 9.76. The minimum absolute atomic E-state index is 0.0489. The fourth-order valence-electron chi connectivity index (χ4n) is 4.04. The maximum atomic E-state index is 12.4. The number of ether oxygens (including phenoxy) is 1. The summed E-state index contributed by atoms with van der Waals surface area (Å²) in [6.45, 7) is 2.17. The molecule has 0 saturated carbocycles. The van der Waals surface area contributed by atoms with Gasteiger partial charge in [0.15, 0.2) is 0 Å². The summed E-state index contributed by atoms with van der Waals surface area (Å²) in [6.07, 6.45) is 5.43. The lowest BCUT2D eigenvalue weighted by Crippen LogP contribution is -2.30. The van der Waals surface area contributed by atoms with E-state index >= 15 is 0 Å². The molecule has 3 atom stereocenters. The second kappa shape index (κ2) is 6.98. The molecule has 2 aromatic rings. The molecule has 0 bridgehead atoms. The first-order valence-electron chi connectivity index (χ1n) is 8.78. The standard InChI is InChI=1S/C21H19Cl2NO2/c1-2-26-21(25)16-8-4-7-15-13-5-3-6-14(13)19(24-20(15)16)12-9-10-17(22)18(23)11-12/h3-5,7-11,13-14,19,24H,2,6H2,1H3/t13-,14+,19+/m1/s1. The van der Waals surface area contributed by atoms with Gasteiger partial charge in [-0.15, -0.1) is 0 Å². The van der Waals surface area contributed by atoms with Gasteiger partial charge in [0.25, 0.3) is 0 Å². The van der Waals surface area contributed by atoms with Crippen LogP contribution in [0.5, 0.6) is 0 Å². The predicted molar refractivity (Wildman–Crippen MR) is 105 cm³/mol. The first kappa shape index (κ1) is 17.4. The Hall–Kier alpha value is -1.97. The number of allylic oxidation sites excluding steroid dienone is 2. The van der Waals surface area contributed by atoms with Crippen LogP contribution in [0, 0.1) is 5.92 Å². The van der Waals surface area contributed by atoms with Gasteiger partial charge in [-0.2, -0.15) is 0 Å². The Morgan fingerprint density at radius 1 is 1.23 bits per heavy atom. The van der Waals surface area contributed by atoms with Gasteiger partial charge in [0.2, 0.25) is 0 Å². The van der Waals surface area contributed by atoms with E-state index in [4.69, 9.17) is 27.9 Å². The van der Waals surface area contributed by atoms with E-state index in [1.165, 1.54) is 0 Å². The van der Waals surface area contributed by atoms with Crippen LogP contribution >= 0.6 is 23.2 Å². The lowest BCUT2D eigenvalue weighted by molar-refractivity contribution is 0.0527. The Morgan fingerprint density at radius 3 is 2.85 bits per heavy atom. The van der Waals surface area contributed by atoms with Crippen molar-refractivity contribution in [1.82, 2.24) is 0 Å². The summed E-state index contributed by atoms with van der Waals surface area (Å²) in [7, 11) is 0. The van der Waals surface area contributed by atoms with E-state index in [9.17, 15) is 4.79 Å². The van der Waals surface area contributed by atoms with Crippen LogP contribution in [0.15, 0.2) is 48.6 Å². The van der Waals surface area contributed by atoms with E-state index in [1.807, 2.05) is 37.3 Å². The van der Waals surface area contributed by atoms with Crippen molar-refractivity contribution in [2.45, 2.75) is 25.3 Å². The van der Waals surface area contributed by atoms with E-state index in [0.717, 1.165) is 23.2 Å². The number of anilines is 1. The Bertz CT molecular complexity index is 894. The van der Waals surface area contributed by atoms with Gasteiger partial charge in [0.05, 0.1) is 33.9 Å². The number of carbonyl (C=O) groups excluding carboxylic acids is 1. The molecule has 0 saturated heterocycles. The van der Waals surface area contributed by atoms with Crippen molar-refractivity contribution >= 4 is 34.9 Å². The van der Waals surface area contributed by atoms with E-state index in [0.29, 0.717) is 28.1 Å². The molecular weight excluding hydrogens is 369 g/mol. The third kappa shape index (κ3) is 2.89. The zero-order valence-electron chi connectivity index (χ0n) is 14.3. The van der Waals surface area contributed by atoms with Gasteiger partial charge in [-0.3, -0.25) is 0 Å². The largest absolute Gasteiger partial charge is 0.462 e. The fraction of sp³-hybridized carbons (Fsp3) is 0.286. The highest BCUT2D eigenvalue weighted by molar-refractivity contribution is 6.42. The maximum absolute atomic E-state index is 12.4. The minimum Gasteiger partial charge on any atom is -0.462 e. The Morgan fingerprint density at radius 2 is 2.08 bits per heavy atom. The van der Waals surface area contributed by atoms with Crippen molar-refractivity contribution in [2.75, 3.05) is 11.9 Å². The number of nitrogens with one attached hydrogen (secondary N) is 1. The van der Waals surface area contributed by atoms with E-state index in [-0.39, 0.29) is 17.9 Å². The molecule has 1 aliphatic carbocycles. The highest BCUT2D eigenvalue weighted by Crippen LogP contribution is 2.51. The van der Waals surface area contributed by atoms with Crippen molar-refractivity contribution in [3.63, 3.8) is 0 Å². The monoisotopic (exact) mass is 387 g/mol. The smallest absolute Gasteiger partial charge is 0.340 e. The van der Waals surface area contributed by atoms with Crippen LogP contribution in [0.3, 0.4) is 0 Å². The van der Waals surface area contributed by atoms with E-state index < -0.39 is 0 Å². The van der Waals surface area contributed by atoms with Crippen molar-refractivity contribution in [3.8, 4) is 0 Å². The number of carbonyl (C=O) groups is 1. The van der Waals surface area contributed by atoms with Gasteiger partial charge in [-0.25, -0.2) is 4.79 Å². The molecule has 2 aliphatic rings. The van der Waals surface area contributed by atoms with Crippen molar-refractivity contribution in [2.24, 2.45) is 5.92 Å². The molecule has 5 heteroatoms. The molecule has 0 amide bonds. The molecule has 134 valence electrons. The molecule has 0 spiro atoms. The highest BCUT2D eigenvalue weighted by atomic mass is 35.5. The fourth-order valence-corrected chi connectivity index (χ4v) is 4.34. The van der Waals surface area contributed by atoms with Crippen LogP contribution in [-0.2, 0) is 4.74 Å². The third-order valence-corrected chi connectivity index (χ3v) is 5.93. The summed E-state index contributed by atoms with van der Waals surface area (Å²) in [5, 5.41) is 4.68. The molecule has 1 heterocycles. The van der Waals surface area contributed by atoms with Crippen molar-refractivity contribution in [1.29, 1.82) is 0 Å². The summed E-state index contributed by atoms with van der Waals surface area (Å²) < 4.78 is 5.25. The van der Waals surface area contributed by atoms with Gasteiger partial charge in [-0.05, 0) is 48.6 Å². The van der Waals surface area contributed by atoms with Crippen molar-refractivity contribution in [3.05, 3.63) is 75.3 Å². The number of fused-ring (bicyclic) bond motifs is 3. The first-order valence-corrected chi connectivity index (χ1v) is 9.54. The number of para-hydroxylation sites is 1. The topological polar surface area (TPSA) is 38.3 Å². The molecule has 4 rings (SSSR count). The second-order valence-electron chi connectivity index (χ2n) is 6.64. The van der Waals surface area contributed by atoms with Gasteiger partial charge in [0, 0.05) is 5.92 Å². The number of hydrogen-bond donors (Lipinski definition) is 1. The summed E-state index contributed by atoms with van der Waals surface area (Å²) in [4.78, 5) is 12.4. The molecular formula is C21H19Cl2NO2. The molecule has 3 nitrogen and oxygen atoms in total. The zero-order chi connectivity index (χ0) is 18.3. The van der Waals surface area contributed by atoms with Crippen molar-refractivity contribution < 1.29 is 9.53 Å². The molecule has 0 aromatic heterocycles. The van der Waals surface area contributed by atoms with Crippen LogP contribution in [0.1, 0.15) is 46.8 Å². The lowest BCUT2D eigenvalue weighted by Gasteiger charge is -2.38. The summed E-state index contributed by atoms with van der Waals surface area (Å²) >= 11 is 12.3. The SMILES string of the molecule is CCOC(=O)c1cccc2c1N[C@@H](c1ccc(Cl)c(Cl)c1)[C@H]1CC=C[C@@H]21. The second-order valence-corrected chi connectivity index (χ2v) is 7.45. The number of hydrogen-bond acceptors (Lipinski definition) is 3.